The summed E-state index contributed by atoms with van der Waals surface area (Å²) in [6.45, 7) is 5.08. The number of aryl methyl sites for hydroxylation is 1. The van der Waals surface area contributed by atoms with Crippen molar-refractivity contribution in [3.63, 3.8) is 0 Å². The number of hydrogen-bond acceptors (Lipinski definition) is 7. The Hall–Kier alpha value is -1.57. The second-order valence-electron chi connectivity index (χ2n) is 4.64. The van der Waals surface area contributed by atoms with Crippen LogP contribution < -0.4 is 10.6 Å². The first-order valence-electron chi connectivity index (χ1n) is 7.09. The van der Waals surface area contributed by atoms with E-state index in [1.54, 1.807) is 18.7 Å². The maximum atomic E-state index is 11.2. The van der Waals surface area contributed by atoms with Crippen LogP contribution in [0.4, 0.5) is 17.5 Å². The molecule has 118 valence electrons. The molecule has 0 fully saturated rings. The Morgan fingerprint density at radius 3 is 2.62 bits per heavy atom. The second-order valence-corrected chi connectivity index (χ2v) is 5.63. The van der Waals surface area contributed by atoms with Crippen molar-refractivity contribution in [2.45, 2.75) is 33.1 Å². The van der Waals surface area contributed by atoms with Gasteiger partial charge in [-0.15, -0.1) is 0 Å². The second kappa shape index (κ2) is 9.38. The predicted octanol–water partition coefficient (Wildman–Crippen LogP) is 3.07. The summed E-state index contributed by atoms with van der Waals surface area (Å²) in [6, 6.07) is 0. The number of rotatable bonds is 10. The van der Waals surface area contributed by atoms with E-state index in [4.69, 9.17) is 0 Å². The average Bonchev–Trinajstić information content (AvgIpc) is 2.44. The van der Waals surface area contributed by atoms with E-state index >= 15 is 0 Å². The lowest BCUT2D eigenvalue weighted by molar-refractivity contribution is -0.385. The molecule has 0 saturated carbocycles. The van der Waals surface area contributed by atoms with Crippen molar-refractivity contribution < 1.29 is 4.92 Å². The molecule has 0 aliphatic rings. The fourth-order valence-electron chi connectivity index (χ4n) is 1.80. The summed E-state index contributed by atoms with van der Waals surface area (Å²) in [5, 5.41) is 17.3. The SMILES string of the molecule is CCCNc1nc(C)c([N+](=O)[O-])c(NCCCCSC)n1. The maximum absolute atomic E-state index is 11.2. The van der Waals surface area contributed by atoms with Gasteiger partial charge < -0.3 is 10.6 Å². The van der Waals surface area contributed by atoms with Gasteiger partial charge >= 0.3 is 5.69 Å². The molecule has 7 nitrogen and oxygen atoms in total. The zero-order chi connectivity index (χ0) is 15.7. The van der Waals surface area contributed by atoms with Crippen LogP contribution in [-0.4, -0.2) is 40.0 Å². The number of aromatic nitrogens is 2. The van der Waals surface area contributed by atoms with Crippen LogP contribution in [-0.2, 0) is 0 Å². The first kappa shape index (κ1) is 17.5. The average molecular weight is 313 g/mol. The predicted molar refractivity (Wildman–Crippen MR) is 88.3 cm³/mol. The number of nitro groups is 1. The van der Waals surface area contributed by atoms with E-state index in [1.807, 2.05) is 6.92 Å². The Kier molecular flexibility index (Phi) is 7.81. The van der Waals surface area contributed by atoms with Crippen molar-refractivity contribution in [2.24, 2.45) is 0 Å². The van der Waals surface area contributed by atoms with Crippen LogP contribution in [0.25, 0.3) is 0 Å². The molecule has 1 rings (SSSR count). The third kappa shape index (κ3) is 5.74. The van der Waals surface area contributed by atoms with E-state index in [9.17, 15) is 10.1 Å². The molecule has 0 amide bonds. The lowest BCUT2D eigenvalue weighted by Crippen LogP contribution is -2.12. The van der Waals surface area contributed by atoms with Gasteiger partial charge in [0.1, 0.15) is 5.69 Å². The molecular formula is C13H23N5O2S. The molecule has 21 heavy (non-hydrogen) atoms. The van der Waals surface area contributed by atoms with Crippen LogP contribution >= 0.6 is 11.8 Å². The number of anilines is 2. The van der Waals surface area contributed by atoms with Gasteiger partial charge in [0.2, 0.25) is 11.8 Å². The van der Waals surface area contributed by atoms with Gasteiger partial charge in [0.15, 0.2) is 0 Å². The summed E-state index contributed by atoms with van der Waals surface area (Å²) in [6.07, 6.45) is 5.04. The van der Waals surface area contributed by atoms with Crippen molar-refractivity contribution in [1.29, 1.82) is 0 Å². The van der Waals surface area contributed by atoms with Crippen molar-refractivity contribution in [3.8, 4) is 0 Å². The Bertz CT molecular complexity index is 470. The smallest absolute Gasteiger partial charge is 0.332 e. The molecule has 0 unspecified atom stereocenters. The number of unbranched alkanes of at least 4 members (excludes halogenated alkanes) is 1. The van der Waals surface area contributed by atoms with Gasteiger partial charge in [0, 0.05) is 13.1 Å². The lowest BCUT2D eigenvalue weighted by atomic mass is 10.3. The van der Waals surface area contributed by atoms with E-state index in [0.717, 1.165) is 31.6 Å². The van der Waals surface area contributed by atoms with Crippen LogP contribution in [0, 0.1) is 17.0 Å². The molecule has 0 saturated heterocycles. The maximum Gasteiger partial charge on any atom is 0.332 e. The molecule has 0 aliphatic heterocycles. The summed E-state index contributed by atoms with van der Waals surface area (Å²) >= 11 is 1.80. The van der Waals surface area contributed by atoms with Crippen molar-refractivity contribution in [2.75, 3.05) is 35.7 Å². The molecule has 8 heteroatoms. The third-order valence-corrected chi connectivity index (χ3v) is 3.54. The van der Waals surface area contributed by atoms with Gasteiger partial charge in [-0.05, 0) is 38.2 Å². The van der Waals surface area contributed by atoms with Crippen molar-refractivity contribution >= 4 is 29.2 Å². The largest absolute Gasteiger partial charge is 0.364 e. The Morgan fingerprint density at radius 2 is 2.00 bits per heavy atom. The standard InChI is InChI=1S/C13H23N5O2S/c1-4-7-15-13-16-10(2)11(18(19)20)12(17-13)14-8-5-6-9-21-3/h4-9H2,1-3H3,(H2,14,15,16,17). The molecule has 0 bridgehead atoms. The monoisotopic (exact) mass is 313 g/mol. The van der Waals surface area contributed by atoms with Gasteiger partial charge in [0.05, 0.1) is 4.92 Å². The van der Waals surface area contributed by atoms with E-state index in [0.29, 0.717) is 24.0 Å². The molecule has 0 aliphatic carbocycles. The molecule has 0 radical (unpaired) electrons. The topological polar surface area (TPSA) is 93.0 Å². The highest BCUT2D eigenvalue weighted by Gasteiger charge is 2.21. The minimum atomic E-state index is -0.427. The third-order valence-electron chi connectivity index (χ3n) is 2.84. The Labute approximate surface area is 129 Å². The van der Waals surface area contributed by atoms with Crippen LogP contribution in [0.1, 0.15) is 31.9 Å². The Balaban J connectivity index is 2.80. The fraction of sp³-hybridized carbons (Fsp3) is 0.692. The van der Waals surface area contributed by atoms with Gasteiger partial charge in [-0.1, -0.05) is 6.92 Å². The first-order valence-corrected chi connectivity index (χ1v) is 8.49. The highest BCUT2D eigenvalue weighted by atomic mass is 32.2. The molecular weight excluding hydrogens is 290 g/mol. The normalized spacial score (nSPS) is 10.4. The van der Waals surface area contributed by atoms with Gasteiger partial charge in [0.25, 0.3) is 0 Å². The fourth-order valence-corrected chi connectivity index (χ4v) is 2.30. The summed E-state index contributed by atoms with van der Waals surface area (Å²) in [5.74, 6) is 1.83. The minimum absolute atomic E-state index is 0.0399. The summed E-state index contributed by atoms with van der Waals surface area (Å²) in [7, 11) is 0. The Morgan fingerprint density at radius 1 is 1.24 bits per heavy atom. The number of hydrogen-bond donors (Lipinski definition) is 2. The van der Waals surface area contributed by atoms with Gasteiger partial charge in [-0.3, -0.25) is 10.1 Å². The highest BCUT2D eigenvalue weighted by molar-refractivity contribution is 7.98. The van der Waals surface area contributed by atoms with Gasteiger partial charge in [-0.2, -0.15) is 16.7 Å². The first-order chi connectivity index (χ1) is 10.1. The van der Waals surface area contributed by atoms with E-state index in [1.165, 1.54) is 0 Å². The number of nitrogens with one attached hydrogen (secondary N) is 2. The summed E-state index contributed by atoms with van der Waals surface area (Å²) < 4.78 is 0. The molecule has 0 spiro atoms. The van der Waals surface area contributed by atoms with Crippen molar-refractivity contribution in [1.82, 2.24) is 9.97 Å². The zero-order valence-electron chi connectivity index (χ0n) is 12.8. The quantitative estimate of drug-likeness (QED) is 0.389. The van der Waals surface area contributed by atoms with Crippen molar-refractivity contribution in [3.05, 3.63) is 15.8 Å². The molecule has 1 heterocycles. The van der Waals surface area contributed by atoms with Gasteiger partial charge in [-0.25, -0.2) is 4.98 Å². The molecule has 1 aromatic rings. The van der Waals surface area contributed by atoms with E-state index < -0.39 is 4.92 Å². The van der Waals surface area contributed by atoms with Crippen LogP contribution in [0.2, 0.25) is 0 Å². The van der Waals surface area contributed by atoms with Crippen LogP contribution in [0.3, 0.4) is 0 Å². The molecule has 1 aromatic heterocycles. The van der Waals surface area contributed by atoms with Crippen LogP contribution in [0.5, 0.6) is 0 Å². The lowest BCUT2D eigenvalue weighted by Gasteiger charge is -2.10. The van der Waals surface area contributed by atoms with E-state index in [-0.39, 0.29) is 5.69 Å². The van der Waals surface area contributed by atoms with E-state index in [2.05, 4.69) is 26.9 Å². The van der Waals surface area contributed by atoms with Crippen LogP contribution in [0.15, 0.2) is 0 Å². The molecule has 0 aromatic carbocycles. The molecule has 0 atom stereocenters. The summed E-state index contributed by atoms with van der Waals surface area (Å²) in [5.41, 5.74) is 0.335. The highest BCUT2D eigenvalue weighted by Crippen LogP contribution is 2.26. The summed E-state index contributed by atoms with van der Waals surface area (Å²) in [4.78, 5) is 19.1. The number of thioether (sulfide) groups is 1. The minimum Gasteiger partial charge on any atom is -0.364 e. The zero-order valence-corrected chi connectivity index (χ0v) is 13.6. The molecule has 2 N–H and O–H groups in total. The number of nitrogens with zero attached hydrogens (tertiary/aromatic N) is 3.